The molecule has 1 aliphatic rings. The van der Waals surface area contributed by atoms with Crippen molar-refractivity contribution in [2.75, 3.05) is 18.2 Å². The molecule has 2 aromatic rings. The van der Waals surface area contributed by atoms with Crippen LogP contribution in [-0.2, 0) is 9.59 Å². The summed E-state index contributed by atoms with van der Waals surface area (Å²) in [6, 6.07) is 18.2. The van der Waals surface area contributed by atoms with Gasteiger partial charge < -0.3 is 15.4 Å². The Bertz CT molecular complexity index is 1120. The molecular weight excluding hydrogens is 480 g/mol. The average molecular weight is 497 g/mol. The summed E-state index contributed by atoms with van der Waals surface area (Å²) in [6.07, 6.45) is 0. The van der Waals surface area contributed by atoms with Crippen molar-refractivity contribution >= 4 is 45.2 Å². The van der Waals surface area contributed by atoms with Gasteiger partial charge in [-0.2, -0.15) is 10.5 Å². The van der Waals surface area contributed by atoms with E-state index in [9.17, 15) is 20.1 Å². The smallest absolute Gasteiger partial charge is 0.243 e. The van der Waals surface area contributed by atoms with Gasteiger partial charge in [-0.25, -0.2) is 0 Å². The Balaban J connectivity index is 1.87. The third kappa shape index (κ3) is 5.08. The maximum atomic E-state index is 12.6. The highest BCUT2D eigenvalue weighted by Gasteiger charge is 2.40. The first-order valence-electron chi connectivity index (χ1n) is 9.14. The molecule has 2 aromatic carbocycles. The number of anilines is 1. The minimum Gasteiger partial charge on any atom is -0.496 e. The molecule has 0 spiro atoms. The molecule has 2 N–H and O–H groups in total. The van der Waals surface area contributed by atoms with Gasteiger partial charge >= 0.3 is 0 Å². The maximum absolute atomic E-state index is 12.6. The number of carbonyl (C=O) groups excluding carboxylic acids is 2. The molecule has 0 aromatic heterocycles. The third-order valence-corrected chi connectivity index (χ3v) is 6.16. The van der Waals surface area contributed by atoms with Crippen molar-refractivity contribution in [3.63, 3.8) is 0 Å². The average Bonchev–Trinajstić information content (AvgIpc) is 2.78. The van der Waals surface area contributed by atoms with Crippen LogP contribution in [0.1, 0.15) is 11.5 Å². The predicted octanol–water partition coefficient (Wildman–Crippen LogP) is 3.92. The number of para-hydroxylation sites is 1. The Morgan fingerprint density at radius 3 is 2.58 bits per heavy atom. The standard InChI is InChI=1S/C22H17BrN4O3S/c1-30-18-5-3-2-4-15(18)20-16(10-24)21(29)27-22(17(20)11-25)31-12-19(28)26-14-8-6-13(23)7-9-14/h2-9,16,20H,12H2,1H3,(H,26,28)(H,27,29)/t16-,20-/m1/s1. The van der Waals surface area contributed by atoms with E-state index in [1.165, 1.54) is 7.11 Å². The molecule has 31 heavy (non-hydrogen) atoms. The number of carbonyl (C=O) groups is 2. The highest BCUT2D eigenvalue weighted by atomic mass is 79.9. The van der Waals surface area contributed by atoms with Crippen LogP contribution in [0.4, 0.5) is 5.69 Å². The Morgan fingerprint density at radius 1 is 1.23 bits per heavy atom. The highest BCUT2D eigenvalue weighted by molar-refractivity contribution is 9.10. The Kier molecular flexibility index (Phi) is 7.35. The fraction of sp³-hybridized carbons (Fsp3) is 0.182. The molecule has 0 saturated carbocycles. The van der Waals surface area contributed by atoms with E-state index in [1.54, 1.807) is 48.5 Å². The molecule has 2 atom stereocenters. The maximum Gasteiger partial charge on any atom is 0.243 e. The zero-order chi connectivity index (χ0) is 22.4. The zero-order valence-electron chi connectivity index (χ0n) is 16.4. The van der Waals surface area contributed by atoms with Crippen LogP contribution < -0.4 is 15.4 Å². The van der Waals surface area contributed by atoms with E-state index >= 15 is 0 Å². The fourth-order valence-corrected chi connectivity index (χ4v) is 4.32. The minimum atomic E-state index is -1.09. The van der Waals surface area contributed by atoms with Gasteiger partial charge in [-0.3, -0.25) is 9.59 Å². The molecule has 3 rings (SSSR count). The van der Waals surface area contributed by atoms with Gasteiger partial charge in [-0.1, -0.05) is 45.9 Å². The second-order valence-electron chi connectivity index (χ2n) is 6.51. The number of halogens is 1. The summed E-state index contributed by atoms with van der Waals surface area (Å²) in [5.74, 6) is -2.24. The van der Waals surface area contributed by atoms with Gasteiger partial charge in [0.05, 0.1) is 41.5 Å². The van der Waals surface area contributed by atoms with E-state index in [2.05, 4.69) is 32.6 Å². The van der Waals surface area contributed by atoms with Crippen molar-refractivity contribution in [2.24, 2.45) is 5.92 Å². The minimum absolute atomic E-state index is 0.0211. The Hall–Kier alpha value is -3.27. The fourth-order valence-electron chi connectivity index (χ4n) is 3.21. The molecule has 0 aliphatic carbocycles. The third-order valence-electron chi connectivity index (χ3n) is 4.62. The molecule has 0 radical (unpaired) electrons. The van der Waals surface area contributed by atoms with Crippen molar-refractivity contribution in [3.8, 4) is 17.9 Å². The summed E-state index contributed by atoms with van der Waals surface area (Å²) in [5, 5.41) is 25.1. The normalized spacial score (nSPS) is 17.9. The van der Waals surface area contributed by atoms with Crippen molar-refractivity contribution < 1.29 is 14.3 Å². The molecule has 1 aliphatic heterocycles. The molecule has 0 fully saturated rings. The quantitative estimate of drug-likeness (QED) is 0.625. The van der Waals surface area contributed by atoms with E-state index in [1.807, 2.05) is 6.07 Å². The number of allylic oxidation sites excluding steroid dienone is 1. The van der Waals surface area contributed by atoms with Crippen LogP contribution in [0.2, 0.25) is 0 Å². The summed E-state index contributed by atoms with van der Waals surface area (Å²) in [7, 11) is 1.49. The van der Waals surface area contributed by atoms with Crippen LogP contribution in [0.25, 0.3) is 0 Å². The van der Waals surface area contributed by atoms with Crippen LogP contribution in [0.3, 0.4) is 0 Å². The van der Waals surface area contributed by atoms with Gasteiger partial charge in [0, 0.05) is 15.7 Å². The van der Waals surface area contributed by atoms with Gasteiger partial charge in [0.1, 0.15) is 11.7 Å². The number of thioether (sulfide) groups is 1. The number of nitrogens with one attached hydrogen (secondary N) is 2. The first-order chi connectivity index (χ1) is 15.0. The number of hydrogen-bond donors (Lipinski definition) is 2. The lowest BCUT2D eigenvalue weighted by molar-refractivity contribution is -0.123. The van der Waals surface area contributed by atoms with Gasteiger partial charge in [0.25, 0.3) is 0 Å². The first-order valence-corrected chi connectivity index (χ1v) is 10.9. The van der Waals surface area contributed by atoms with E-state index in [0.717, 1.165) is 16.2 Å². The molecular formula is C22H17BrN4O3S. The predicted molar refractivity (Wildman–Crippen MR) is 121 cm³/mol. The van der Waals surface area contributed by atoms with Crippen LogP contribution in [-0.4, -0.2) is 24.7 Å². The van der Waals surface area contributed by atoms with E-state index in [0.29, 0.717) is 17.0 Å². The lowest BCUT2D eigenvalue weighted by Crippen LogP contribution is -2.39. The molecule has 2 amide bonds. The summed E-state index contributed by atoms with van der Waals surface area (Å²) >= 11 is 4.38. The molecule has 9 heteroatoms. The Morgan fingerprint density at radius 2 is 1.94 bits per heavy atom. The van der Waals surface area contributed by atoms with E-state index < -0.39 is 17.7 Å². The van der Waals surface area contributed by atoms with E-state index in [-0.39, 0.29) is 22.3 Å². The molecule has 7 nitrogen and oxygen atoms in total. The number of rotatable bonds is 6. The van der Waals surface area contributed by atoms with Crippen LogP contribution in [0.5, 0.6) is 5.75 Å². The number of amides is 2. The molecule has 1 heterocycles. The van der Waals surface area contributed by atoms with Crippen molar-refractivity contribution in [3.05, 3.63) is 69.2 Å². The van der Waals surface area contributed by atoms with Gasteiger partial charge in [-0.15, -0.1) is 0 Å². The second-order valence-corrected chi connectivity index (χ2v) is 8.42. The first kappa shape index (κ1) is 22.4. The molecule has 0 unspecified atom stereocenters. The van der Waals surface area contributed by atoms with Crippen molar-refractivity contribution in [1.29, 1.82) is 10.5 Å². The summed E-state index contributed by atoms with van der Waals surface area (Å²) < 4.78 is 6.27. The number of ether oxygens (including phenoxy) is 1. The summed E-state index contributed by atoms with van der Waals surface area (Å²) in [5.41, 5.74) is 1.42. The van der Waals surface area contributed by atoms with Gasteiger partial charge in [0.2, 0.25) is 11.8 Å². The summed E-state index contributed by atoms with van der Waals surface area (Å²) in [4.78, 5) is 25.0. The molecule has 156 valence electrons. The number of benzene rings is 2. The largest absolute Gasteiger partial charge is 0.496 e. The van der Waals surface area contributed by atoms with Gasteiger partial charge in [-0.05, 0) is 30.3 Å². The number of hydrogen-bond acceptors (Lipinski definition) is 6. The lowest BCUT2D eigenvalue weighted by atomic mass is 9.79. The van der Waals surface area contributed by atoms with Gasteiger partial charge in [0.15, 0.2) is 0 Å². The SMILES string of the molecule is COc1ccccc1[C@H]1C(C#N)=C(SCC(=O)Nc2ccc(Br)cc2)NC(=O)[C@@H]1C#N. The topological polar surface area (TPSA) is 115 Å². The lowest BCUT2D eigenvalue weighted by Gasteiger charge is -2.29. The number of nitrogens with zero attached hydrogens (tertiary/aromatic N) is 2. The van der Waals surface area contributed by atoms with E-state index in [4.69, 9.17) is 4.74 Å². The Labute approximate surface area is 192 Å². The molecule has 0 saturated heterocycles. The number of methoxy groups -OCH3 is 1. The van der Waals surface area contributed by atoms with Crippen LogP contribution in [0.15, 0.2) is 63.6 Å². The number of nitriles is 2. The zero-order valence-corrected chi connectivity index (χ0v) is 18.8. The highest BCUT2D eigenvalue weighted by Crippen LogP contribution is 2.42. The van der Waals surface area contributed by atoms with Crippen molar-refractivity contribution in [2.45, 2.75) is 5.92 Å². The van der Waals surface area contributed by atoms with Crippen LogP contribution >= 0.6 is 27.7 Å². The van der Waals surface area contributed by atoms with Crippen LogP contribution in [0, 0.1) is 28.6 Å². The molecule has 0 bridgehead atoms. The second kappa shape index (κ2) is 10.2. The summed E-state index contributed by atoms with van der Waals surface area (Å²) in [6.45, 7) is 0. The monoisotopic (exact) mass is 496 g/mol. The van der Waals surface area contributed by atoms with Crippen molar-refractivity contribution in [1.82, 2.24) is 5.32 Å².